The molecule has 0 unspecified atom stereocenters. The minimum atomic E-state index is -0.628. The Morgan fingerprint density at radius 1 is 1.23 bits per heavy atom. The third-order valence-corrected chi connectivity index (χ3v) is 3.21. The van der Waals surface area contributed by atoms with Crippen LogP contribution in [-0.4, -0.2) is 12.0 Å². The highest BCUT2D eigenvalue weighted by molar-refractivity contribution is 5.82. The van der Waals surface area contributed by atoms with Gasteiger partial charge in [0, 0.05) is 17.4 Å². The van der Waals surface area contributed by atoms with Crippen LogP contribution < -0.4 is 10.4 Å². The lowest BCUT2D eigenvalue weighted by Gasteiger charge is -2.04. The van der Waals surface area contributed by atoms with Gasteiger partial charge in [-0.1, -0.05) is 12.1 Å². The number of nitrogens with zero attached hydrogens (tertiary/aromatic N) is 1. The molecule has 22 heavy (non-hydrogen) atoms. The number of methoxy groups -OCH3 is 1. The van der Waals surface area contributed by atoms with E-state index in [-0.39, 0.29) is 12.3 Å². The fourth-order valence-corrected chi connectivity index (χ4v) is 2.19. The number of hydrogen-bond acceptors (Lipinski definition) is 6. The Bertz CT molecular complexity index is 908. The van der Waals surface area contributed by atoms with E-state index in [4.69, 9.17) is 13.6 Å². The van der Waals surface area contributed by atoms with Gasteiger partial charge in [-0.05, 0) is 18.2 Å². The Hall–Kier alpha value is -3.09. The molecule has 7 heteroatoms. The first-order chi connectivity index (χ1) is 10.6. The van der Waals surface area contributed by atoms with Gasteiger partial charge in [0.25, 0.3) is 0 Å². The normalized spacial score (nSPS) is 10.8. The van der Waals surface area contributed by atoms with Crippen molar-refractivity contribution in [3.8, 4) is 5.75 Å². The number of hydrogen-bond donors (Lipinski definition) is 0. The van der Waals surface area contributed by atoms with E-state index in [0.29, 0.717) is 28.0 Å². The molecular formula is C15H11NO6. The van der Waals surface area contributed by atoms with Crippen LogP contribution in [0.15, 0.2) is 50.0 Å². The van der Waals surface area contributed by atoms with Crippen LogP contribution in [0.4, 0.5) is 5.88 Å². The van der Waals surface area contributed by atoms with E-state index in [1.165, 1.54) is 19.2 Å². The van der Waals surface area contributed by atoms with Gasteiger partial charge in [0.2, 0.25) is 0 Å². The number of para-hydroxylation sites is 1. The van der Waals surface area contributed by atoms with E-state index < -0.39 is 10.5 Å². The van der Waals surface area contributed by atoms with Crippen molar-refractivity contribution in [2.24, 2.45) is 0 Å². The van der Waals surface area contributed by atoms with Crippen molar-refractivity contribution in [1.82, 2.24) is 0 Å². The molecule has 3 rings (SSSR count). The van der Waals surface area contributed by atoms with E-state index in [0.717, 1.165) is 0 Å². The topological polar surface area (TPSA) is 95.7 Å². The number of furan rings is 1. The second-order valence-electron chi connectivity index (χ2n) is 4.61. The van der Waals surface area contributed by atoms with Crippen molar-refractivity contribution in [2.75, 3.05) is 7.11 Å². The number of rotatable bonds is 4. The second-order valence-corrected chi connectivity index (χ2v) is 4.61. The monoisotopic (exact) mass is 301 g/mol. The molecule has 0 amide bonds. The van der Waals surface area contributed by atoms with Crippen molar-refractivity contribution >= 4 is 16.9 Å². The largest absolute Gasteiger partial charge is 0.493 e. The summed E-state index contributed by atoms with van der Waals surface area (Å²) >= 11 is 0. The molecule has 112 valence electrons. The summed E-state index contributed by atoms with van der Waals surface area (Å²) in [6.45, 7) is 0. The lowest BCUT2D eigenvalue weighted by atomic mass is 10.1. The lowest BCUT2D eigenvalue weighted by molar-refractivity contribution is -0.402. The fourth-order valence-electron chi connectivity index (χ4n) is 2.19. The van der Waals surface area contributed by atoms with Crippen LogP contribution in [0.25, 0.3) is 11.0 Å². The number of benzene rings is 1. The van der Waals surface area contributed by atoms with Gasteiger partial charge in [-0.15, -0.1) is 0 Å². The maximum atomic E-state index is 12.0. The van der Waals surface area contributed by atoms with Gasteiger partial charge in [-0.2, -0.15) is 0 Å². The molecule has 0 atom stereocenters. The van der Waals surface area contributed by atoms with E-state index in [2.05, 4.69) is 0 Å². The predicted octanol–water partition coefficient (Wildman–Crippen LogP) is 2.89. The Labute approximate surface area is 123 Å². The minimum absolute atomic E-state index is 0.114. The highest BCUT2D eigenvalue weighted by Crippen LogP contribution is 2.25. The third-order valence-electron chi connectivity index (χ3n) is 3.21. The zero-order valence-corrected chi connectivity index (χ0v) is 11.6. The summed E-state index contributed by atoms with van der Waals surface area (Å²) in [5.41, 5.74) is 0.185. The SMILES string of the molecule is COc1cccc2cc(Cc3ccc([N+](=O)[O-])o3)c(=O)oc12. The van der Waals surface area contributed by atoms with Crippen LogP contribution in [0.2, 0.25) is 0 Å². The van der Waals surface area contributed by atoms with Crippen LogP contribution in [0.3, 0.4) is 0 Å². The van der Waals surface area contributed by atoms with Crippen molar-refractivity contribution in [2.45, 2.75) is 6.42 Å². The molecule has 2 heterocycles. The number of nitro groups is 1. The van der Waals surface area contributed by atoms with Gasteiger partial charge in [-0.25, -0.2) is 4.79 Å². The maximum Gasteiger partial charge on any atom is 0.433 e. The predicted molar refractivity (Wildman–Crippen MR) is 77.2 cm³/mol. The average molecular weight is 301 g/mol. The second kappa shape index (κ2) is 5.36. The molecule has 0 saturated heterocycles. The van der Waals surface area contributed by atoms with Gasteiger partial charge in [0.1, 0.15) is 10.7 Å². The summed E-state index contributed by atoms with van der Waals surface area (Å²) in [6, 6.07) is 9.64. The summed E-state index contributed by atoms with van der Waals surface area (Å²) in [5.74, 6) is 0.429. The zero-order chi connectivity index (χ0) is 15.7. The van der Waals surface area contributed by atoms with E-state index in [1.807, 2.05) is 0 Å². The minimum Gasteiger partial charge on any atom is -0.493 e. The standard InChI is InChI=1S/C15H11NO6/c1-20-12-4-2-3-9-7-10(15(17)22-14(9)12)8-11-5-6-13(21-11)16(18)19/h2-7H,8H2,1H3. The molecule has 0 N–H and O–H groups in total. The molecule has 0 spiro atoms. The van der Waals surface area contributed by atoms with Crippen molar-refractivity contribution in [1.29, 1.82) is 0 Å². The Morgan fingerprint density at radius 2 is 2.05 bits per heavy atom. The van der Waals surface area contributed by atoms with Gasteiger partial charge < -0.3 is 13.6 Å². The van der Waals surface area contributed by atoms with E-state index in [1.54, 1.807) is 24.3 Å². The van der Waals surface area contributed by atoms with Crippen LogP contribution in [0, 0.1) is 10.1 Å². The molecule has 0 bridgehead atoms. The summed E-state index contributed by atoms with van der Waals surface area (Å²) < 4.78 is 15.5. The average Bonchev–Trinajstić information content (AvgIpc) is 2.96. The van der Waals surface area contributed by atoms with Crippen LogP contribution >= 0.6 is 0 Å². The molecule has 2 aromatic heterocycles. The molecule has 0 fully saturated rings. The molecular weight excluding hydrogens is 290 g/mol. The Kier molecular flexibility index (Phi) is 3.38. The van der Waals surface area contributed by atoms with E-state index >= 15 is 0 Å². The molecule has 0 radical (unpaired) electrons. The van der Waals surface area contributed by atoms with Crippen LogP contribution in [-0.2, 0) is 6.42 Å². The Morgan fingerprint density at radius 3 is 2.73 bits per heavy atom. The van der Waals surface area contributed by atoms with Gasteiger partial charge in [0.15, 0.2) is 11.3 Å². The van der Waals surface area contributed by atoms with Crippen molar-refractivity contribution < 1.29 is 18.5 Å². The molecule has 0 aliphatic rings. The van der Waals surface area contributed by atoms with Gasteiger partial charge >= 0.3 is 11.5 Å². The molecule has 0 aliphatic carbocycles. The summed E-state index contributed by atoms with van der Waals surface area (Å²) in [5, 5.41) is 11.3. The van der Waals surface area contributed by atoms with Crippen molar-refractivity contribution in [3.05, 3.63) is 68.3 Å². The van der Waals surface area contributed by atoms with E-state index in [9.17, 15) is 14.9 Å². The maximum absolute atomic E-state index is 12.0. The molecule has 0 aliphatic heterocycles. The van der Waals surface area contributed by atoms with Crippen LogP contribution in [0.5, 0.6) is 5.75 Å². The zero-order valence-electron chi connectivity index (χ0n) is 11.6. The smallest absolute Gasteiger partial charge is 0.433 e. The highest BCUT2D eigenvalue weighted by Gasteiger charge is 2.15. The van der Waals surface area contributed by atoms with Gasteiger partial charge in [0.05, 0.1) is 13.2 Å². The molecule has 3 aromatic rings. The number of ether oxygens (including phenoxy) is 1. The Balaban J connectivity index is 2.02. The highest BCUT2D eigenvalue weighted by atomic mass is 16.6. The first kappa shape index (κ1) is 13.9. The van der Waals surface area contributed by atoms with Crippen LogP contribution in [0.1, 0.15) is 11.3 Å². The molecule has 1 aromatic carbocycles. The summed E-state index contributed by atoms with van der Waals surface area (Å²) in [7, 11) is 1.49. The first-order valence-electron chi connectivity index (χ1n) is 6.41. The third kappa shape index (κ3) is 2.44. The number of fused-ring (bicyclic) bond motifs is 1. The fraction of sp³-hybridized carbons (Fsp3) is 0.133. The summed E-state index contributed by atoms with van der Waals surface area (Å²) in [6.07, 6.45) is 0.114. The first-order valence-corrected chi connectivity index (χ1v) is 6.41. The quantitative estimate of drug-likeness (QED) is 0.417. The van der Waals surface area contributed by atoms with Crippen molar-refractivity contribution in [3.63, 3.8) is 0 Å². The lowest BCUT2D eigenvalue weighted by Crippen LogP contribution is -2.07. The molecule has 7 nitrogen and oxygen atoms in total. The molecule has 0 saturated carbocycles. The van der Waals surface area contributed by atoms with Gasteiger partial charge in [-0.3, -0.25) is 10.1 Å². The summed E-state index contributed by atoms with van der Waals surface area (Å²) in [4.78, 5) is 22.0.